The molecule has 1 aliphatic rings. The Morgan fingerprint density at radius 1 is 1.33 bits per heavy atom. The third kappa shape index (κ3) is 4.72. The zero-order chi connectivity index (χ0) is 15.2. The summed E-state index contributed by atoms with van der Waals surface area (Å²) in [6.45, 7) is 1.48. The van der Waals surface area contributed by atoms with Crippen LogP contribution < -0.4 is 10.2 Å². The number of anilines is 1. The van der Waals surface area contributed by atoms with Crippen LogP contribution in [0.1, 0.15) is 19.3 Å². The quantitative estimate of drug-likeness (QED) is 0.874. The number of rotatable bonds is 5. The number of hydrogen-bond acceptors (Lipinski definition) is 3. The first-order valence-electron chi connectivity index (χ1n) is 7.04. The van der Waals surface area contributed by atoms with Gasteiger partial charge in [-0.2, -0.15) is 0 Å². The Labute approximate surface area is 128 Å². The highest BCUT2D eigenvalue weighted by atomic mass is 35.5. The molecule has 1 saturated heterocycles. The van der Waals surface area contributed by atoms with Crippen LogP contribution in [-0.4, -0.2) is 36.6 Å². The number of piperidine rings is 1. The summed E-state index contributed by atoms with van der Waals surface area (Å²) in [4.78, 5) is 24.8. The first-order valence-corrected chi connectivity index (χ1v) is 7.42. The average Bonchev–Trinajstić information content (AvgIpc) is 2.45. The number of hydrogen-bond donors (Lipinski definition) is 2. The molecule has 1 aromatic carbocycles. The molecule has 0 spiro atoms. The molecule has 0 radical (unpaired) electrons. The summed E-state index contributed by atoms with van der Waals surface area (Å²) in [5.74, 6) is -0.880. The minimum absolute atomic E-state index is 0.161. The van der Waals surface area contributed by atoms with Crippen molar-refractivity contribution >= 4 is 29.2 Å². The molecule has 0 aromatic heterocycles. The number of carbonyl (C=O) groups excluding carboxylic acids is 1. The monoisotopic (exact) mass is 310 g/mol. The Hall–Kier alpha value is -1.59. The maximum atomic E-state index is 12.5. The summed E-state index contributed by atoms with van der Waals surface area (Å²) < 4.78 is 0. The van der Waals surface area contributed by atoms with Gasteiger partial charge in [0.25, 0.3) is 0 Å². The number of nitrogens with one attached hydrogen (secondary N) is 1. The fraction of sp³-hybridized carbons (Fsp3) is 0.467. The highest BCUT2D eigenvalue weighted by Gasteiger charge is 2.23. The van der Waals surface area contributed by atoms with Gasteiger partial charge < -0.3 is 15.3 Å². The van der Waals surface area contributed by atoms with E-state index in [0.29, 0.717) is 23.0 Å². The van der Waals surface area contributed by atoms with Crippen LogP contribution in [0.2, 0.25) is 5.02 Å². The first kappa shape index (κ1) is 15.8. The van der Waals surface area contributed by atoms with Crippen LogP contribution in [-0.2, 0) is 9.59 Å². The minimum Gasteiger partial charge on any atom is -0.480 e. The van der Waals surface area contributed by atoms with Gasteiger partial charge in [0.1, 0.15) is 6.54 Å². The van der Waals surface area contributed by atoms with E-state index in [1.807, 2.05) is 0 Å². The zero-order valence-corrected chi connectivity index (χ0v) is 12.5. The molecule has 0 unspecified atom stereocenters. The minimum atomic E-state index is -1.03. The van der Waals surface area contributed by atoms with Gasteiger partial charge in [0, 0.05) is 17.1 Å². The second-order valence-corrected chi connectivity index (χ2v) is 5.69. The van der Waals surface area contributed by atoms with Gasteiger partial charge in [-0.15, -0.1) is 0 Å². The third-order valence-electron chi connectivity index (χ3n) is 3.64. The standard InChI is InChI=1S/C15H19ClN2O3/c16-12-2-1-3-13(9-12)18(10-15(20)21)14(19)8-11-4-6-17-7-5-11/h1-3,9,11,17H,4-8,10H2,(H,20,21). The van der Waals surface area contributed by atoms with E-state index in [2.05, 4.69) is 5.32 Å². The van der Waals surface area contributed by atoms with Gasteiger partial charge in [-0.25, -0.2) is 0 Å². The van der Waals surface area contributed by atoms with Gasteiger partial charge in [-0.05, 0) is 50.0 Å². The Bertz CT molecular complexity index is 515. The van der Waals surface area contributed by atoms with Gasteiger partial charge in [0.15, 0.2) is 0 Å². The van der Waals surface area contributed by atoms with E-state index in [0.717, 1.165) is 25.9 Å². The SMILES string of the molecule is O=C(O)CN(C(=O)CC1CCNCC1)c1cccc(Cl)c1. The zero-order valence-electron chi connectivity index (χ0n) is 11.7. The Kier molecular flexibility index (Phi) is 5.59. The van der Waals surface area contributed by atoms with E-state index in [1.165, 1.54) is 4.90 Å². The number of halogens is 1. The van der Waals surface area contributed by atoms with Crippen LogP contribution in [0.15, 0.2) is 24.3 Å². The molecule has 1 heterocycles. The number of nitrogens with zero attached hydrogens (tertiary/aromatic N) is 1. The van der Waals surface area contributed by atoms with E-state index in [1.54, 1.807) is 24.3 Å². The van der Waals surface area contributed by atoms with Crippen molar-refractivity contribution in [2.75, 3.05) is 24.5 Å². The summed E-state index contributed by atoms with van der Waals surface area (Å²) in [6.07, 6.45) is 2.27. The molecular weight excluding hydrogens is 292 g/mol. The molecule has 1 amide bonds. The van der Waals surface area contributed by atoms with E-state index in [4.69, 9.17) is 16.7 Å². The van der Waals surface area contributed by atoms with E-state index in [9.17, 15) is 9.59 Å². The lowest BCUT2D eigenvalue weighted by Gasteiger charge is -2.26. The molecule has 0 saturated carbocycles. The van der Waals surface area contributed by atoms with E-state index >= 15 is 0 Å². The van der Waals surface area contributed by atoms with Crippen molar-refractivity contribution in [3.8, 4) is 0 Å². The second-order valence-electron chi connectivity index (χ2n) is 5.25. The molecule has 21 heavy (non-hydrogen) atoms. The largest absolute Gasteiger partial charge is 0.480 e. The van der Waals surface area contributed by atoms with Crippen molar-refractivity contribution in [3.63, 3.8) is 0 Å². The van der Waals surface area contributed by atoms with Gasteiger partial charge >= 0.3 is 5.97 Å². The molecule has 5 nitrogen and oxygen atoms in total. The molecule has 1 aromatic rings. The fourth-order valence-corrected chi connectivity index (χ4v) is 2.73. The molecule has 1 fully saturated rings. The summed E-state index contributed by atoms with van der Waals surface area (Å²) >= 11 is 5.93. The number of aliphatic carboxylic acids is 1. The van der Waals surface area contributed by atoms with Gasteiger partial charge in [0.05, 0.1) is 0 Å². The van der Waals surface area contributed by atoms with Crippen molar-refractivity contribution in [2.24, 2.45) is 5.92 Å². The van der Waals surface area contributed by atoms with Crippen LogP contribution in [0.3, 0.4) is 0 Å². The molecule has 2 N–H and O–H groups in total. The van der Waals surface area contributed by atoms with Gasteiger partial charge in [-0.3, -0.25) is 9.59 Å². The summed E-state index contributed by atoms with van der Waals surface area (Å²) in [7, 11) is 0. The van der Waals surface area contributed by atoms with Crippen LogP contribution in [0.4, 0.5) is 5.69 Å². The maximum Gasteiger partial charge on any atom is 0.323 e. The molecule has 2 rings (SSSR count). The molecule has 0 bridgehead atoms. The molecule has 1 aliphatic heterocycles. The number of carboxylic acids is 1. The van der Waals surface area contributed by atoms with Crippen LogP contribution in [0.5, 0.6) is 0 Å². The molecule has 0 atom stereocenters. The number of benzene rings is 1. The smallest absolute Gasteiger partial charge is 0.323 e. The van der Waals surface area contributed by atoms with Crippen molar-refractivity contribution in [2.45, 2.75) is 19.3 Å². The lowest BCUT2D eigenvalue weighted by molar-refractivity contribution is -0.136. The van der Waals surface area contributed by atoms with Crippen molar-refractivity contribution < 1.29 is 14.7 Å². The first-order chi connectivity index (χ1) is 10.1. The lowest BCUT2D eigenvalue weighted by Crippen LogP contribution is -2.38. The van der Waals surface area contributed by atoms with Gasteiger partial charge in [-0.1, -0.05) is 17.7 Å². The maximum absolute atomic E-state index is 12.5. The highest BCUT2D eigenvalue weighted by Crippen LogP contribution is 2.23. The molecule has 0 aliphatic carbocycles. The predicted octanol–water partition coefficient (Wildman–Crippen LogP) is 2.15. The second kappa shape index (κ2) is 7.43. The fourth-order valence-electron chi connectivity index (χ4n) is 2.55. The van der Waals surface area contributed by atoms with Crippen molar-refractivity contribution in [1.82, 2.24) is 5.32 Å². The average molecular weight is 311 g/mol. The van der Waals surface area contributed by atoms with Crippen LogP contribution in [0.25, 0.3) is 0 Å². The summed E-state index contributed by atoms with van der Waals surface area (Å²) in [5, 5.41) is 12.8. The molecule has 6 heteroatoms. The summed E-state index contributed by atoms with van der Waals surface area (Å²) in [5.41, 5.74) is 0.531. The molecular formula is C15H19ClN2O3. The predicted molar refractivity (Wildman–Crippen MR) is 81.7 cm³/mol. The van der Waals surface area contributed by atoms with Gasteiger partial charge in [0.2, 0.25) is 5.91 Å². The summed E-state index contributed by atoms with van der Waals surface area (Å²) in [6, 6.07) is 6.73. The number of carbonyl (C=O) groups is 2. The van der Waals surface area contributed by atoms with E-state index in [-0.39, 0.29) is 12.5 Å². The number of amides is 1. The normalized spacial score (nSPS) is 15.7. The number of carboxylic acid groups (broad SMARTS) is 1. The third-order valence-corrected chi connectivity index (χ3v) is 3.87. The van der Waals surface area contributed by atoms with Crippen molar-refractivity contribution in [3.05, 3.63) is 29.3 Å². The van der Waals surface area contributed by atoms with Crippen LogP contribution >= 0.6 is 11.6 Å². The Morgan fingerprint density at radius 3 is 2.67 bits per heavy atom. The Balaban J connectivity index is 2.11. The topological polar surface area (TPSA) is 69.6 Å². The lowest BCUT2D eigenvalue weighted by atomic mass is 9.94. The van der Waals surface area contributed by atoms with Crippen LogP contribution in [0, 0.1) is 5.92 Å². The highest BCUT2D eigenvalue weighted by molar-refractivity contribution is 6.30. The molecule has 114 valence electrons. The van der Waals surface area contributed by atoms with Crippen molar-refractivity contribution in [1.29, 1.82) is 0 Å². The Morgan fingerprint density at radius 2 is 2.05 bits per heavy atom. The van der Waals surface area contributed by atoms with E-state index < -0.39 is 5.97 Å².